The number of hydrogen-bond acceptors (Lipinski definition) is 2. The van der Waals surface area contributed by atoms with Gasteiger partial charge in [-0.3, -0.25) is 4.79 Å². The van der Waals surface area contributed by atoms with E-state index in [0.29, 0.717) is 6.42 Å². The number of hydrogen-bond donors (Lipinski definition) is 2. The average Bonchev–Trinajstić information content (AvgIpc) is 1.61. The van der Waals surface area contributed by atoms with Gasteiger partial charge in [0.25, 0.3) is 0 Å². The zero-order chi connectivity index (χ0) is 5.70. The molecule has 7 heavy (non-hydrogen) atoms. The molecule has 0 heterocycles. The fourth-order valence-corrected chi connectivity index (χ4v) is 0.411. The van der Waals surface area contributed by atoms with Crippen molar-refractivity contribution in [2.75, 3.05) is 5.75 Å². The van der Waals surface area contributed by atoms with E-state index in [0.717, 1.165) is 12.2 Å². The second kappa shape index (κ2) is 3.99. The minimum absolute atomic E-state index is 0.242. The molecule has 0 aliphatic rings. The summed E-state index contributed by atoms with van der Waals surface area (Å²) >= 11 is 3.89. The van der Waals surface area contributed by atoms with Gasteiger partial charge in [-0.05, 0) is 12.2 Å². The summed E-state index contributed by atoms with van der Waals surface area (Å²) in [5.41, 5.74) is 4.81. The highest BCUT2D eigenvalue weighted by Crippen LogP contribution is 1.87. The average molecular weight is 119 g/mol. The third kappa shape index (κ3) is 5.82. The van der Waals surface area contributed by atoms with Crippen molar-refractivity contribution in [1.29, 1.82) is 0 Å². The van der Waals surface area contributed by atoms with Crippen LogP contribution in [-0.2, 0) is 4.79 Å². The van der Waals surface area contributed by atoms with E-state index in [2.05, 4.69) is 12.6 Å². The quantitative estimate of drug-likeness (QED) is 0.511. The molecule has 0 rings (SSSR count). The Morgan fingerprint density at radius 2 is 2.29 bits per heavy atom. The summed E-state index contributed by atoms with van der Waals surface area (Å²) < 4.78 is 0. The molecule has 1 amide bonds. The van der Waals surface area contributed by atoms with Crippen molar-refractivity contribution in [3.8, 4) is 0 Å². The maximum Gasteiger partial charge on any atom is 0.217 e. The molecule has 0 aromatic rings. The lowest BCUT2D eigenvalue weighted by Gasteiger charge is -1.86. The molecule has 0 bridgehead atoms. The van der Waals surface area contributed by atoms with E-state index in [9.17, 15) is 4.79 Å². The fraction of sp³-hybridized carbons (Fsp3) is 0.750. The Morgan fingerprint density at radius 3 is 2.43 bits per heavy atom. The highest BCUT2D eigenvalue weighted by atomic mass is 32.1. The Hall–Kier alpha value is -0.180. The molecule has 0 saturated carbocycles. The summed E-state index contributed by atoms with van der Waals surface area (Å²) in [7, 11) is 0. The van der Waals surface area contributed by atoms with Crippen LogP contribution in [0.15, 0.2) is 0 Å². The summed E-state index contributed by atoms with van der Waals surface area (Å²) in [5, 5.41) is 0. The fourth-order valence-electron chi connectivity index (χ4n) is 0.253. The third-order valence-electron chi connectivity index (χ3n) is 0.581. The zero-order valence-corrected chi connectivity index (χ0v) is 4.95. The molecule has 0 atom stereocenters. The van der Waals surface area contributed by atoms with Crippen molar-refractivity contribution in [3.63, 3.8) is 0 Å². The number of amides is 1. The first kappa shape index (κ1) is 6.82. The lowest BCUT2D eigenvalue weighted by atomic mass is 10.3. The summed E-state index contributed by atoms with van der Waals surface area (Å²) in [6, 6.07) is 0. The SMILES string of the molecule is NC(=O)CCCS. The molecule has 0 unspecified atom stereocenters. The molecule has 0 saturated heterocycles. The Bertz CT molecular complexity index is 64.7. The standard InChI is InChI=1S/C4H9NOS/c5-4(6)2-1-3-7/h7H,1-3H2,(H2,5,6). The first-order valence-electron chi connectivity index (χ1n) is 2.16. The molecule has 42 valence electrons. The van der Waals surface area contributed by atoms with Crippen LogP contribution in [0.25, 0.3) is 0 Å². The number of nitrogens with two attached hydrogens (primary N) is 1. The minimum Gasteiger partial charge on any atom is -0.370 e. The third-order valence-corrected chi connectivity index (χ3v) is 0.898. The molecular formula is C4H9NOS. The van der Waals surface area contributed by atoms with Gasteiger partial charge in [-0.2, -0.15) is 12.6 Å². The van der Waals surface area contributed by atoms with Gasteiger partial charge in [0.1, 0.15) is 0 Å². The zero-order valence-electron chi connectivity index (χ0n) is 4.05. The van der Waals surface area contributed by atoms with Crippen LogP contribution in [0.1, 0.15) is 12.8 Å². The number of carbonyl (C=O) groups excluding carboxylic acids is 1. The molecule has 2 nitrogen and oxygen atoms in total. The maximum atomic E-state index is 9.95. The molecule has 0 fully saturated rings. The van der Waals surface area contributed by atoms with Crippen molar-refractivity contribution in [2.45, 2.75) is 12.8 Å². The Balaban J connectivity index is 2.82. The predicted octanol–water partition coefficient (Wildman–Crippen LogP) is 0.182. The largest absolute Gasteiger partial charge is 0.370 e. The van der Waals surface area contributed by atoms with Gasteiger partial charge in [0.2, 0.25) is 5.91 Å². The summed E-state index contributed by atoms with van der Waals surface area (Å²) in [6.07, 6.45) is 1.25. The first-order chi connectivity index (χ1) is 3.27. The smallest absolute Gasteiger partial charge is 0.217 e. The van der Waals surface area contributed by atoms with Gasteiger partial charge in [-0.15, -0.1) is 0 Å². The molecule has 0 spiro atoms. The Kier molecular flexibility index (Phi) is 3.89. The van der Waals surface area contributed by atoms with E-state index < -0.39 is 0 Å². The Morgan fingerprint density at radius 1 is 1.71 bits per heavy atom. The lowest BCUT2D eigenvalue weighted by molar-refractivity contribution is -0.118. The first-order valence-corrected chi connectivity index (χ1v) is 2.80. The van der Waals surface area contributed by atoms with Crippen LogP contribution in [-0.4, -0.2) is 11.7 Å². The van der Waals surface area contributed by atoms with Gasteiger partial charge in [0, 0.05) is 6.42 Å². The summed E-state index contributed by atoms with van der Waals surface area (Å²) in [4.78, 5) is 9.95. The number of rotatable bonds is 3. The Labute approximate surface area is 48.5 Å². The molecule has 0 radical (unpaired) electrons. The van der Waals surface area contributed by atoms with E-state index in [1.807, 2.05) is 0 Å². The predicted molar refractivity (Wildman–Crippen MR) is 32.3 cm³/mol. The van der Waals surface area contributed by atoms with Crippen LogP contribution in [0.5, 0.6) is 0 Å². The second-order valence-corrected chi connectivity index (χ2v) is 1.74. The van der Waals surface area contributed by atoms with E-state index in [1.54, 1.807) is 0 Å². The van der Waals surface area contributed by atoms with Gasteiger partial charge >= 0.3 is 0 Å². The summed E-state index contributed by atoms with van der Waals surface area (Å²) in [5.74, 6) is 0.497. The van der Waals surface area contributed by atoms with E-state index in [4.69, 9.17) is 5.73 Å². The molecule has 0 aliphatic carbocycles. The highest BCUT2D eigenvalue weighted by Gasteiger charge is 1.88. The van der Waals surface area contributed by atoms with Crippen LogP contribution >= 0.6 is 12.6 Å². The molecule has 3 heteroatoms. The highest BCUT2D eigenvalue weighted by molar-refractivity contribution is 7.80. The van der Waals surface area contributed by atoms with E-state index in [-0.39, 0.29) is 5.91 Å². The lowest BCUT2D eigenvalue weighted by Crippen LogP contribution is -2.09. The van der Waals surface area contributed by atoms with Gasteiger partial charge < -0.3 is 5.73 Å². The maximum absolute atomic E-state index is 9.95. The van der Waals surface area contributed by atoms with E-state index >= 15 is 0 Å². The molecule has 0 aromatic carbocycles. The van der Waals surface area contributed by atoms with Crippen LogP contribution in [0.4, 0.5) is 0 Å². The van der Waals surface area contributed by atoms with Crippen LogP contribution in [0.3, 0.4) is 0 Å². The molecule has 0 aromatic heterocycles. The van der Waals surface area contributed by atoms with Crippen molar-refractivity contribution < 1.29 is 4.79 Å². The molecule has 0 aliphatic heterocycles. The van der Waals surface area contributed by atoms with Crippen molar-refractivity contribution in [2.24, 2.45) is 5.73 Å². The van der Waals surface area contributed by atoms with Crippen LogP contribution < -0.4 is 5.73 Å². The summed E-state index contributed by atoms with van der Waals surface area (Å²) in [6.45, 7) is 0. The van der Waals surface area contributed by atoms with Crippen molar-refractivity contribution in [1.82, 2.24) is 0 Å². The number of primary amides is 1. The second-order valence-electron chi connectivity index (χ2n) is 1.29. The van der Waals surface area contributed by atoms with Gasteiger partial charge in [0.15, 0.2) is 0 Å². The topological polar surface area (TPSA) is 43.1 Å². The van der Waals surface area contributed by atoms with E-state index in [1.165, 1.54) is 0 Å². The number of thiol groups is 1. The molecule has 2 N–H and O–H groups in total. The number of carbonyl (C=O) groups is 1. The minimum atomic E-state index is -0.242. The van der Waals surface area contributed by atoms with Crippen molar-refractivity contribution >= 4 is 18.5 Å². The molecular weight excluding hydrogens is 110 g/mol. The van der Waals surface area contributed by atoms with Gasteiger partial charge in [-0.25, -0.2) is 0 Å². The van der Waals surface area contributed by atoms with Crippen LogP contribution in [0, 0.1) is 0 Å². The van der Waals surface area contributed by atoms with Gasteiger partial charge in [-0.1, -0.05) is 0 Å². The monoisotopic (exact) mass is 119 g/mol. The normalized spacial score (nSPS) is 8.71. The van der Waals surface area contributed by atoms with Gasteiger partial charge in [0.05, 0.1) is 0 Å². The van der Waals surface area contributed by atoms with Crippen molar-refractivity contribution in [3.05, 3.63) is 0 Å². The van der Waals surface area contributed by atoms with Crippen LogP contribution in [0.2, 0.25) is 0 Å².